The highest BCUT2D eigenvalue weighted by atomic mass is 127. The number of hydrogen-bond donors (Lipinski definition) is 2. The van der Waals surface area contributed by atoms with Crippen LogP contribution in [0.1, 0.15) is 117 Å². The lowest BCUT2D eigenvalue weighted by Crippen LogP contribution is -2.46. The van der Waals surface area contributed by atoms with E-state index in [1.807, 2.05) is 55.4 Å². The molecule has 4 amide bonds. The van der Waals surface area contributed by atoms with Gasteiger partial charge in [-0.15, -0.1) is 6.58 Å². The van der Waals surface area contributed by atoms with Crippen molar-refractivity contribution in [1.82, 2.24) is 20.4 Å². The summed E-state index contributed by atoms with van der Waals surface area (Å²) in [5.74, 6) is -0.820. The zero-order valence-corrected chi connectivity index (χ0v) is 37.9. The molecule has 3 saturated heterocycles. The van der Waals surface area contributed by atoms with E-state index in [1.54, 1.807) is 31.7 Å². The van der Waals surface area contributed by atoms with Crippen molar-refractivity contribution in [2.45, 2.75) is 163 Å². The largest absolute Gasteiger partial charge is 0.488 e. The van der Waals surface area contributed by atoms with Crippen LogP contribution in [0.15, 0.2) is 12.7 Å². The molecular weight excluding hydrogens is 854 g/mol. The minimum atomic E-state index is -0.815. The van der Waals surface area contributed by atoms with Gasteiger partial charge >= 0.3 is 32.0 Å². The summed E-state index contributed by atoms with van der Waals surface area (Å²) in [7, 11) is 2.69. The van der Waals surface area contributed by atoms with Crippen molar-refractivity contribution >= 4 is 66.4 Å². The lowest BCUT2D eigenvalue weighted by Gasteiger charge is -2.32. The predicted octanol–water partition coefficient (Wildman–Crippen LogP) is 5.61. The molecule has 3 aliphatic rings. The smallest absolute Gasteiger partial charge is 0.467 e. The van der Waals surface area contributed by atoms with Crippen molar-refractivity contribution in [2.24, 2.45) is 11.8 Å². The van der Waals surface area contributed by atoms with Gasteiger partial charge in [0.05, 0.1) is 30.4 Å². The van der Waals surface area contributed by atoms with Gasteiger partial charge in [0.15, 0.2) is 0 Å². The Labute approximate surface area is 355 Å². The van der Waals surface area contributed by atoms with Gasteiger partial charge in [0.2, 0.25) is 11.8 Å². The maximum Gasteiger partial charge on any atom is 0.488 e. The minimum Gasteiger partial charge on any atom is -0.467 e. The molecule has 57 heavy (non-hydrogen) atoms. The van der Waals surface area contributed by atoms with Crippen LogP contribution in [0.4, 0.5) is 9.59 Å². The van der Waals surface area contributed by atoms with Crippen molar-refractivity contribution in [3.05, 3.63) is 12.7 Å². The van der Waals surface area contributed by atoms with E-state index in [0.29, 0.717) is 13.0 Å². The van der Waals surface area contributed by atoms with Gasteiger partial charge in [0, 0.05) is 44.8 Å². The number of likely N-dealkylation sites (tertiary alicyclic amines) is 2. The normalized spacial score (nSPS) is 24.1. The molecule has 1 radical (unpaired) electrons. The van der Waals surface area contributed by atoms with Gasteiger partial charge in [-0.05, 0) is 99.9 Å². The lowest BCUT2D eigenvalue weighted by molar-refractivity contribution is -0.191. The van der Waals surface area contributed by atoms with Crippen LogP contribution in [0.25, 0.3) is 0 Å². The first-order valence-corrected chi connectivity index (χ1v) is 20.1. The molecule has 0 bridgehead atoms. The number of hydrogen-bond acceptors (Lipinski definition) is 12. The Balaban J connectivity index is 0. The summed E-state index contributed by atoms with van der Waals surface area (Å²) >= 11 is 2.36. The molecule has 0 unspecified atom stereocenters. The van der Waals surface area contributed by atoms with Crippen molar-refractivity contribution in [3.63, 3.8) is 0 Å². The number of carbonyl (C=O) groups excluding carboxylic acids is 7. The number of nitrogens with zero attached hydrogens (tertiary/aromatic N) is 2. The molecule has 0 saturated carbocycles. The van der Waals surface area contributed by atoms with Gasteiger partial charge in [-0.2, -0.15) is 9.59 Å². The number of amides is 4. The van der Waals surface area contributed by atoms with Crippen molar-refractivity contribution in [3.8, 4) is 0 Å². The molecule has 0 aromatic rings. The molecule has 0 aromatic heterocycles. The van der Waals surface area contributed by atoms with E-state index in [4.69, 9.17) is 33.1 Å². The number of allylic oxidation sites excluding steroid dienone is 1. The Morgan fingerprint density at radius 1 is 0.860 bits per heavy atom. The van der Waals surface area contributed by atoms with Crippen LogP contribution in [0.2, 0.25) is 0 Å². The Kier molecular flexibility index (Phi) is 24.2. The van der Waals surface area contributed by atoms with Gasteiger partial charge in [0.1, 0.15) is 17.2 Å². The van der Waals surface area contributed by atoms with Crippen LogP contribution in [0.3, 0.4) is 0 Å². The van der Waals surface area contributed by atoms with E-state index in [1.165, 1.54) is 33.5 Å². The summed E-state index contributed by atoms with van der Waals surface area (Å²) in [6.45, 7) is 28.3. The molecule has 0 aliphatic carbocycles. The Morgan fingerprint density at radius 3 is 1.60 bits per heavy atom. The first-order chi connectivity index (χ1) is 25.6. The molecule has 3 heterocycles. The maximum atomic E-state index is 12.4. The number of methoxy groups -OCH3 is 1. The third-order valence-electron chi connectivity index (χ3n) is 9.39. The number of esters is 1. The molecule has 2 N–H and O–H groups in total. The standard InChI is InChI=1S/C16H26N2O5.C15H27IN2O3.C6H12BO2.CO2.CH4/c1-7-8-11-12(17-10(2)19)9-18(13(11)14(20)22-6)15(21)23-16(3,4)5;1-10-12(7-6-8-16)13(17-11(2)19)9-18(10)14(20)21-15(3,4)5;1-5(2)6(3,4)9-7-8-5;2-1-3;/h7,11-13H,1,8-9H2,2-6H3,(H,17,19);10,12-13H,6-9H2,1-5H3,(H,17,19);1-4H3;;1H4/t11-,12+,13+;10-,12+,13+;;;/m11.../s1. The van der Waals surface area contributed by atoms with Crippen LogP contribution in [0.5, 0.6) is 0 Å². The fraction of sp³-hybridized carbons (Fsp3) is 0.795. The first-order valence-electron chi connectivity index (χ1n) is 18.6. The summed E-state index contributed by atoms with van der Waals surface area (Å²) in [4.78, 5) is 79.1. The van der Waals surface area contributed by atoms with Gasteiger partial charge in [0.25, 0.3) is 0 Å². The minimum absolute atomic E-state index is 0. The molecule has 3 aliphatic heterocycles. The van der Waals surface area contributed by atoms with Crippen LogP contribution >= 0.6 is 22.6 Å². The predicted molar refractivity (Wildman–Crippen MR) is 224 cm³/mol. The molecule has 0 aromatic carbocycles. The molecule has 3 fully saturated rings. The lowest BCUT2D eigenvalue weighted by atomic mass is 9.90. The molecule has 6 atom stereocenters. The van der Waals surface area contributed by atoms with Crippen LogP contribution in [0, 0.1) is 11.8 Å². The van der Waals surface area contributed by atoms with Gasteiger partial charge in [-0.3, -0.25) is 14.5 Å². The zero-order chi connectivity index (χ0) is 43.8. The highest BCUT2D eigenvalue weighted by Gasteiger charge is 2.49. The molecule has 18 heteroatoms. The summed E-state index contributed by atoms with van der Waals surface area (Å²) in [5.41, 5.74) is -1.56. The van der Waals surface area contributed by atoms with Gasteiger partial charge in [-0.1, -0.05) is 36.1 Å². The first kappa shape index (κ1) is 55.9. The van der Waals surface area contributed by atoms with E-state index in [-0.39, 0.29) is 79.2 Å². The van der Waals surface area contributed by atoms with Gasteiger partial charge < -0.3 is 39.1 Å². The Bertz CT molecular complexity index is 1350. The van der Waals surface area contributed by atoms with Crippen LogP contribution in [-0.4, -0.2) is 125 Å². The Morgan fingerprint density at radius 2 is 1.26 bits per heavy atom. The average Bonchev–Trinajstić information content (AvgIpc) is 3.63. The molecule has 327 valence electrons. The fourth-order valence-corrected chi connectivity index (χ4v) is 6.54. The van der Waals surface area contributed by atoms with E-state index in [2.05, 4.69) is 39.8 Å². The van der Waals surface area contributed by atoms with E-state index < -0.39 is 29.3 Å². The number of alkyl halides is 1. The third kappa shape index (κ3) is 18.9. The SMILES string of the molecule is C.C=CC[C@@H]1[C@@H](NC(C)=O)CN(C(=O)OC(C)(C)C)[C@@H]1C(=O)OC.CC(=O)N[C@H]1CN(C(=O)OC(C)(C)C)[C@H](C)[C@@H]1CCCI.CC1(C)O[B]OC1(C)C.O=C=O. The number of nitrogens with one attached hydrogen (secondary N) is 2. The molecule has 16 nitrogen and oxygen atoms in total. The number of carbonyl (C=O) groups is 5. The number of rotatable bonds is 8. The zero-order valence-electron chi connectivity index (χ0n) is 35.7. The summed E-state index contributed by atoms with van der Waals surface area (Å²) in [6.07, 6.45) is 3.58. The highest BCUT2D eigenvalue weighted by molar-refractivity contribution is 14.1. The quantitative estimate of drug-likeness (QED) is 0.0764. The molecular formula is C39H69BIN4O12. The highest BCUT2D eigenvalue weighted by Crippen LogP contribution is 2.34. The second kappa shape index (κ2) is 24.6. The Hall–Kier alpha value is -3.22. The van der Waals surface area contributed by atoms with Gasteiger partial charge in [-0.25, -0.2) is 14.4 Å². The average molecular weight is 924 g/mol. The van der Waals surface area contributed by atoms with Crippen LogP contribution < -0.4 is 10.6 Å². The second-order valence-electron chi connectivity index (χ2n) is 16.7. The van der Waals surface area contributed by atoms with E-state index in [9.17, 15) is 24.0 Å². The summed E-state index contributed by atoms with van der Waals surface area (Å²) in [5, 5.41) is 5.78. The molecule has 0 spiro atoms. The van der Waals surface area contributed by atoms with Crippen LogP contribution in [-0.2, 0) is 47.5 Å². The summed E-state index contributed by atoms with van der Waals surface area (Å²) in [6, 6.07) is -1.07. The topological polar surface area (TPSA) is 196 Å². The number of halogens is 1. The van der Waals surface area contributed by atoms with E-state index in [0.717, 1.165) is 17.3 Å². The van der Waals surface area contributed by atoms with Crippen molar-refractivity contribution < 1.29 is 57.1 Å². The van der Waals surface area contributed by atoms with E-state index >= 15 is 0 Å². The third-order valence-corrected chi connectivity index (χ3v) is 10.2. The van der Waals surface area contributed by atoms with Crippen molar-refractivity contribution in [1.29, 1.82) is 0 Å². The monoisotopic (exact) mass is 923 g/mol. The van der Waals surface area contributed by atoms with Crippen molar-refractivity contribution in [2.75, 3.05) is 24.6 Å². The second-order valence-corrected chi connectivity index (χ2v) is 17.8. The fourth-order valence-electron chi connectivity index (χ4n) is 6.10. The molecule has 3 rings (SSSR count). The summed E-state index contributed by atoms with van der Waals surface area (Å²) < 4.78 is 27.2. The number of ether oxygens (including phenoxy) is 3. The maximum absolute atomic E-state index is 12.4.